The molecule has 8 nitrogen and oxygen atoms in total. The molecule has 1 aromatic carbocycles. The van der Waals surface area contributed by atoms with E-state index in [2.05, 4.69) is 5.10 Å². The summed E-state index contributed by atoms with van der Waals surface area (Å²) < 4.78 is 7.12. The van der Waals surface area contributed by atoms with Gasteiger partial charge in [-0.2, -0.15) is 5.10 Å². The molecule has 4 rings (SSSR count). The van der Waals surface area contributed by atoms with Crippen molar-refractivity contribution < 1.29 is 24.0 Å². The fourth-order valence-corrected chi connectivity index (χ4v) is 3.30. The van der Waals surface area contributed by atoms with Gasteiger partial charge in [-0.1, -0.05) is 17.2 Å². The van der Waals surface area contributed by atoms with Gasteiger partial charge in [-0.25, -0.2) is 4.79 Å². The Balaban J connectivity index is 1.54. The summed E-state index contributed by atoms with van der Waals surface area (Å²) in [6.07, 6.45) is 3.04. The Morgan fingerprint density at radius 1 is 1.15 bits per heavy atom. The van der Waals surface area contributed by atoms with Crippen molar-refractivity contribution in [2.24, 2.45) is 0 Å². The number of carbonyl (C=O) groups excluding carboxylic acids is 3. The first-order valence-corrected chi connectivity index (χ1v) is 8.40. The number of aromatic nitrogens is 2. The molecule has 0 N–H and O–H groups in total. The van der Waals surface area contributed by atoms with Gasteiger partial charge in [0.2, 0.25) is 0 Å². The Morgan fingerprint density at radius 2 is 1.77 bits per heavy atom. The number of hydrogen-bond donors (Lipinski definition) is 0. The summed E-state index contributed by atoms with van der Waals surface area (Å²) >= 11 is 0. The number of hydrogen-bond acceptors (Lipinski definition) is 6. The summed E-state index contributed by atoms with van der Waals surface area (Å²) in [7, 11) is 0. The fourth-order valence-electron chi connectivity index (χ4n) is 3.30. The SMILES string of the molecule is Cc1c(C(=O)ON2C(=O)c3ccccc3C2=O)cnn1C1CCOCC1. The lowest BCUT2D eigenvalue weighted by molar-refractivity contribution is -0.0585. The standard InChI is InChI=1S/C18H17N3O5/c1-11-15(10-19-20(11)12-6-8-25-9-7-12)18(24)26-21-16(22)13-4-2-3-5-14(13)17(21)23/h2-5,10,12H,6-9H2,1H3. The minimum absolute atomic E-state index is 0.157. The van der Waals surface area contributed by atoms with Gasteiger partial charge in [0.25, 0.3) is 11.8 Å². The van der Waals surface area contributed by atoms with Crippen molar-refractivity contribution in [3.63, 3.8) is 0 Å². The van der Waals surface area contributed by atoms with E-state index in [9.17, 15) is 14.4 Å². The maximum atomic E-state index is 12.5. The van der Waals surface area contributed by atoms with Gasteiger partial charge in [-0.3, -0.25) is 14.3 Å². The lowest BCUT2D eigenvalue weighted by atomic mass is 10.1. The molecule has 1 fully saturated rings. The van der Waals surface area contributed by atoms with Crippen LogP contribution in [0.1, 0.15) is 55.7 Å². The van der Waals surface area contributed by atoms with E-state index in [1.807, 2.05) is 0 Å². The highest BCUT2D eigenvalue weighted by molar-refractivity contribution is 6.21. The zero-order valence-electron chi connectivity index (χ0n) is 14.2. The molecule has 134 valence electrons. The summed E-state index contributed by atoms with van der Waals surface area (Å²) in [5.74, 6) is -2.07. The normalized spacial score (nSPS) is 17.5. The number of hydroxylamine groups is 2. The third-order valence-corrected chi connectivity index (χ3v) is 4.73. The van der Waals surface area contributed by atoms with Crippen LogP contribution < -0.4 is 0 Å². The van der Waals surface area contributed by atoms with Crippen LogP contribution in [-0.2, 0) is 9.57 Å². The topological polar surface area (TPSA) is 90.7 Å². The van der Waals surface area contributed by atoms with Gasteiger partial charge < -0.3 is 9.57 Å². The van der Waals surface area contributed by atoms with Crippen molar-refractivity contribution >= 4 is 17.8 Å². The van der Waals surface area contributed by atoms with Gasteiger partial charge in [0.1, 0.15) is 5.56 Å². The van der Waals surface area contributed by atoms with Crippen LogP contribution in [-0.4, -0.2) is 45.8 Å². The maximum Gasteiger partial charge on any atom is 0.367 e. The van der Waals surface area contributed by atoms with Gasteiger partial charge in [0.05, 0.1) is 29.1 Å². The Labute approximate surface area is 149 Å². The highest BCUT2D eigenvalue weighted by Crippen LogP contribution is 2.26. The molecule has 0 atom stereocenters. The average Bonchev–Trinajstić information content (AvgIpc) is 3.16. The minimum Gasteiger partial charge on any atom is -0.381 e. The smallest absolute Gasteiger partial charge is 0.367 e. The molecule has 1 aromatic heterocycles. The first kappa shape index (κ1) is 16.5. The Morgan fingerprint density at radius 3 is 2.38 bits per heavy atom. The van der Waals surface area contributed by atoms with Gasteiger partial charge >= 0.3 is 5.97 Å². The molecule has 0 spiro atoms. The third-order valence-electron chi connectivity index (χ3n) is 4.73. The van der Waals surface area contributed by atoms with Crippen LogP contribution in [0.2, 0.25) is 0 Å². The second kappa shape index (κ2) is 6.38. The summed E-state index contributed by atoms with van der Waals surface area (Å²) in [6.45, 7) is 3.07. The van der Waals surface area contributed by atoms with E-state index in [0.717, 1.165) is 12.8 Å². The van der Waals surface area contributed by atoms with Crippen LogP contribution in [0.5, 0.6) is 0 Å². The van der Waals surface area contributed by atoms with Crippen molar-refractivity contribution in [3.8, 4) is 0 Å². The zero-order chi connectivity index (χ0) is 18.3. The van der Waals surface area contributed by atoms with E-state index in [1.54, 1.807) is 23.7 Å². The molecule has 0 unspecified atom stereocenters. The Bertz CT molecular complexity index is 863. The number of rotatable bonds is 3. The van der Waals surface area contributed by atoms with Crippen LogP contribution in [0, 0.1) is 6.92 Å². The number of ether oxygens (including phenoxy) is 1. The second-order valence-corrected chi connectivity index (χ2v) is 6.26. The number of amides is 2. The molecule has 2 aliphatic heterocycles. The molecule has 0 radical (unpaired) electrons. The summed E-state index contributed by atoms with van der Waals surface area (Å²) in [6, 6.07) is 6.51. The molecule has 3 heterocycles. The Hall–Kier alpha value is -3.00. The van der Waals surface area contributed by atoms with Gasteiger partial charge in [0, 0.05) is 13.2 Å². The van der Waals surface area contributed by atoms with Crippen molar-refractivity contribution in [1.29, 1.82) is 0 Å². The van der Waals surface area contributed by atoms with Crippen LogP contribution in [0.15, 0.2) is 30.5 Å². The van der Waals surface area contributed by atoms with Crippen molar-refractivity contribution in [2.45, 2.75) is 25.8 Å². The van der Waals surface area contributed by atoms with Gasteiger partial charge in [0.15, 0.2) is 0 Å². The number of fused-ring (bicyclic) bond motifs is 1. The average molecular weight is 355 g/mol. The van der Waals surface area contributed by atoms with Gasteiger partial charge in [-0.15, -0.1) is 0 Å². The Kier molecular flexibility index (Phi) is 4.04. The maximum absolute atomic E-state index is 12.5. The summed E-state index contributed by atoms with van der Waals surface area (Å²) in [5, 5.41) is 4.80. The van der Waals surface area contributed by atoms with E-state index >= 15 is 0 Å². The van der Waals surface area contributed by atoms with E-state index in [0.29, 0.717) is 24.0 Å². The molecule has 26 heavy (non-hydrogen) atoms. The van der Waals surface area contributed by atoms with Crippen molar-refractivity contribution in [3.05, 3.63) is 52.8 Å². The predicted octanol–water partition coefficient (Wildman–Crippen LogP) is 1.91. The van der Waals surface area contributed by atoms with E-state index in [1.165, 1.54) is 18.3 Å². The minimum atomic E-state index is -0.782. The molecule has 0 aliphatic carbocycles. The lowest BCUT2D eigenvalue weighted by Gasteiger charge is -2.23. The van der Waals surface area contributed by atoms with Crippen LogP contribution in [0.25, 0.3) is 0 Å². The van der Waals surface area contributed by atoms with E-state index in [-0.39, 0.29) is 22.7 Å². The fraction of sp³-hybridized carbons (Fsp3) is 0.333. The highest BCUT2D eigenvalue weighted by atomic mass is 16.7. The van der Waals surface area contributed by atoms with Gasteiger partial charge in [-0.05, 0) is 31.9 Å². The third kappa shape index (κ3) is 2.59. The molecule has 2 aliphatic rings. The summed E-state index contributed by atoms with van der Waals surface area (Å²) in [4.78, 5) is 42.2. The lowest BCUT2D eigenvalue weighted by Crippen LogP contribution is -2.32. The highest BCUT2D eigenvalue weighted by Gasteiger charge is 2.39. The quantitative estimate of drug-likeness (QED) is 0.781. The molecule has 8 heteroatoms. The van der Waals surface area contributed by atoms with Crippen molar-refractivity contribution in [1.82, 2.24) is 14.8 Å². The van der Waals surface area contributed by atoms with E-state index < -0.39 is 17.8 Å². The predicted molar refractivity (Wildman–Crippen MR) is 88.4 cm³/mol. The molecule has 0 bridgehead atoms. The van der Waals surface area contributed by atoms with Crippen LogP contribution in [0.3, 0.4) is 0 Å². The first-order chi connectivity index (χ1) is 12.6. The molecule has 2 amide bonds. The van der Waals surface area contributed by atoms with Crippen LogP contribution >= 0.6 is 0 Å². The second-order valence-electron chi connectivity index (χ2n) is 6.26. The monoisotopic (exact) mass is 355 g/mol. The molecule has 0 saturated carbocycles. The first-order valence-electron chi connectivity index (χ1n) is 8.40. The number of carbonyl (C=O) groups is 3. The zero-order valence-corrected chi connectivity index (χ0v) is 14.2. The number of benzene rings is 1. The molecule has 1 saturated heterocycles. The molecular formula is C18H17N3O5. The van der Waals surface area contributed by atoms with Crippen molar-refractivity contribution in [2.75, 3.05) is 13.2 Å². The molecular weight excluding hydrogens is 338 g/mol. The van der Waals surface area contributed by atoms with E-state index in [4.69, 9.17) is 9.57 Å². The van der Waals surface area contributed by atoms with Crippen LogP contribution in [0.4, 0.5) is 0 Å². The number of nitrogens with zero attached hydrogens (tertiary/aromatic N) is 3. The number of imide groups is 1. The largest absolute Gasteiger partial charge is 0.381 e. The summed E-state index contributed by atoms with van der Waals surface area (Å²) in [5.41, 5.74) is 1.31. The molecule has 2 aromatic rings.